The first-order valence-corrected chi connectivity index (χ1v) is 4.64. The van der Waals surface area contributed by atoms with Gasteiger partial charge < -0.3 is 29.9 Å². The number of hydrogen-bond donors (Lipinski definition) is 4. The maximum absolute atomic E-state index is 9.58. The normalized spacial score (nSPS) is 41.5. The van der Waals surface area contributed by atoms with Gasteiger partial charge in [0.05, 0.1) is 13.2 Å². The summed E-state index contributed by atoms with van der Waals surface area (Å²) in [6, 6.07) is 0. The highest BCUT2D eigenvalue weighted by Gasteiger charge is 2.44. The van der Waals surface area contributed by atoms with Crippen molar-refractivity contribution >= 4 is 0 Å². The number of hydrogen-bond acceptors (Lipinski definition) is 6. The lowest BCUT2D eigenvalue weighted by atomic mass is 9.99. The van der Waals surface area contributed by atoms with Gasteiger partial charge in [-0.3, -0.25) is 0 Å². The molecule has 4 N–H and O–H groups in total. The van der Waals surface area contributed by atoms with Crippen molar-refractivity contribution in [2.24, 2.45) is 0 Å². The van der Waals surface area contributed by atoms with Crippen LogP contribution in [-0.4, -0.2) is 64.3 Å². The predicted octanol–water partition coefficient (Wildman–Crippen LogP) is -2.01. The van der Waals surface area contributed by atoms with E-state index in [9.17, 15) is 15.3 Å². The van der Waals surface area contributed by atoms with E-state index in [4.69, 9.17) is 14.6 Å². The quantitative estimate of drug-likeness (QED) is 0.408. The van der Waals surface area contributed by atoms with Crippen molar-refractivity contribution in [1.29, 1.82) is 0 Å². The molecule has 0 amide bonds. The van der Waals surface area contributed by atoms with E-state index in [1.54, 1.807) is 0 Å². The molecular weight excluding hydrogens is 204 g/mol. The first-order valence-electron chi connectivity index (χ1n) is 4.64. The molecule has 0 radical (unpaired) electrons. The van der Waals surface area contributed by atoms with Gasteiger partial charge in [0.1, 0.15) is 24.4 Å². The van der Waals surface area contributed by atoms with E-state index >= 15 is 0 Å². The molecule has 1 aliphatic heterocycles. The van der Waals surface area contributed by atoms with Crippen LogP contribution in [0.15, 0.2) is 12.7 Å². The Morgan fingerprint density at radius 1 is 1.27 bits per heavy atom. The second-order valence-corrected chi connectivity index (χ2v) is 3.32. The molecule has 0 aliphatic carbocycles. The molecule has 6 nitrogen and oxygen atoms in total. The molecule has 0 aromatic carbocycles. The fourth-order valence-corrected chi connectivity index (χ4v) is 1.43. The maximum Gasteiger partial charge on any atom is 0.184 e. The maximum atomic E-state index is 9.58. The van der Waals surface area contributed by atoms with Crippen molar-refractivity contribution in [2.45, 2.75) is 30.7 Å². The summed E-state index contributed by atoms with van der Waals surface area (Å²) in [5.41, 5.74) is 0. The summed E-state index contributed by atoms with van der Waals surface area (Å²) in [7, 11) is 0. The average Bonchev–Trinajstić information content (AvgIpc) is 2.23. The largest absolute Gasteiger partial charge is 0.394 e. The topological polar surface area (TPSA) is 99.4 Å². The fourth-order valence-electron chi connectivity index (χ4n) is 1.43. The van der Waals surface area contributed by atoms with E-state index < -0.39 is 37.3 Å². The number of aliphatic hydroxyl groups excluding tert-OH is 4. The number of aliphatic hydroxyl groups is 4. The van der Waals surface area contributed by atoms with Gasteiger partial charge in [-0.15, -0.1) is 6.58 Å². The fraction of sp³-hybridized carbons (Fsp3) is 0.778. The van der Waals surface area contributed by atoms with Gasteiger partial charge in [-0.25, -0.2) is 0 Å². The molecule has 1 fully saturated rings. The Balaban J connectivity index is 2.61. The average molecular weight is 220 g/mol. The molecule has 1 heterocycles. The minimum Gasteiger partial charge on any atom is -0.394 e. The van der Waals surface area contributed by atoms with Crippen LogP contribution >= 0.6 is 0 Å². The molecule has 0 aromatic heterocycles. The molecule has 0 saturated carbocycles. The highest BCUT2D eigenvalue weighted by atomic mass is 16.7. The molecular formula is C9H16O6. The Bertz CT molecular complexity index is 209. The zero-order valence-corrected chi connectivity index (χ0v) is 8.19. The van der Waals surface area contributed by atoms with Crippen LogP contribution in [0.2, 0.25) is 0 Å². The van der Waals surface area contributed by atoms with Crippen LogP contribution in [0, 0.1) is 0 Å². The summed E-state index contributed by atoms with van der Waals surface area (Å²) in [5.74, 6) is 0. The predicted molar refractivity (Wildman–Crippen MR) is 49.9 cm³/mol. The van der Waals surface area contributed by atoms with Gasteiger partial charge in [0, 0.05) is 0 Å². The first kappa shape index (κ1) is 12.6. The van der Waals surface area contributed by atoms with Crippen LogP contribution in [0.25, 0.3) is 0 Å². The molecule has 5 atom stereocenters. The highest BCUT2D eigenvalue weighted by molar-refractivity contribution is 4.89. The summed E-state index contributed by atoms with van der Waals surface area (Å²) in [6.07, 6.45) is -4.55. The molecule has 0 unspecified atom stereocenters. The van der Waals surface area contributed by atoms with Crippen molar-refractivity contribution in [2.75, 3.05) is 13.2 Å². The Kier molecular flexibility index (Phi) is 4.65. The van der Waals surface area contributed by atoms with Gasteiger partial charge >= 0.3 is 0 Å². The lowest BCUT2D eigenvalue weighted by molar-refractivity contribution is -0.294. The molecule has 1 rings (SSSR count). The van der Waals surface area contributed by atoms with Crippen molar-refractivity contribution in [3.8, 4) is 0 Å². The van der Waals surface area contributed by atoms with Gasteiger partial charge in [-0.05, 0) is 0 Å². The lowest BCUT2D eigenvalue weighted by Crippen LogP contribution is -2.59. The lowest BCUT2D eigenvalue weighted by Gasteiger charge is -2.39. The molecule has 15 heavy (non-hydrogen) atoms. The van der Waals surface area contributed by atoms with Gasteiger partial charge in [0.15, 0.2) is 6.29 Å². The second kappa shape index (κ2) is 5.55. The molecule has 6 heteroatoms. The second-order valence-electron chi connectivity index (χ2n) is 3.32. The summed E-state index contributed by atoms with van der Waals surface area (Å²) < 4.78 is 9.90. The van der Waals surface area contributed by atoms with Gasteiger partial charge in [-0.1, -0.05) is 6.08 Å². The Morgan fingerprint density at radius 2 is 1.93 bits per heavy atom. The van der Waals surface area contributed by atoms with Crippen molar-refractivity contribution in [3.63, 3.8) is 0 Å². The summed E-state index contributed by atoms with van der Waals surface area (Å²) >= 11 is 0. The summed E-state index contributed by atoms with van der Waals surface area (Å²) in [6.45, 7) is 3.05. The smallest absolute Gasteiger partial charge is 0.184 e. The monoisotopic (exact) mass is 220 g/mol. The van der Waals surface area contributed by atoms with Crippen LogP contribution in [0.1, 0.15) is 0 Å². The van der Waals surface area contributed by atoms with Crippen LogP contribution in [0.5, 0.6) is 0 Å². The third-order valence-electron chi connectivity index (χ3n) is 2.25. The summed E-state index contributed by atoms with van der Waals surface area (Å²) in [5, 5.41) is 37.3. The van der Waals surface area contributed by atoms with Gasteiger partial charge in [0.25, 0.3) is 0 Å². The van der Waals surface area contributed by atoms with E-state index in [0.717, 1.165) is 0 Å². The third kappa shape index (κ3) is 2.75. The van der Waals surface area contributed by atoms with Crippen molar-refractivity contribution in [1.82, 2.24) is 0 Å². The molecule has 1 saturated heterocycles. The van der Waals surface area contributed by atoms with Gasteiger partial charge in [0.2, 0.25) is 0 Å². The standard InChI is InChI=1S/C9H16O6/c1-2-3-14-8-7(12)6(11)5(4-10)15-9(8)13/h2,5-13H,1,3-4H2/t5-,6+,7+,8-,9+/m1/s1. The van der Waals surface area contributed by atoms with E-state index in [1.165, 1.54) is 6.08 Å². The Morgan fingerprint density at radius 3 is 2.47 bits per heavy atom. The number of ether oxygens (including phenoxy) is 2. The van der Waals surface area contributed by atoms with Crippen molar-refractivity contribution in [3.05, 3.63) is 12.7 Å². The molecule has 0 aromatic rings. The minimum absolute atomic E-state index is 0.124. The van der Waals surface area contributed by atoms with Crippen LogP contribution in [-0.2, 0) is 9.47 Å². The zero-order valence-electron chi connectivity index (χ0n) is 8.19. The third-order valence-corrected chi connectivity index (χ3v) is 2.25. The SMILES string of the molecule is C=CCO[C@@H]1[C@@H](O)[C@@H](O)[C@@H](CO)O[C@@H]1O. The minimum atomic E-state index is -1.37. The van der Waals surface area contributed by atoms with Crippen LogP contribution in [0.3, 0.4) is 0 Å². The molecule has 1 aliphatic rings. The van der Waals surface area contributed by atoms with E-state index in [0.29, 0.717) is 0 Å². The van der Waals surface area contributed by atoms with Crippen LogP contribution < -0.4 is 0 Å². The van der Waals surface area contributed by atoms with E-state index in [2.05, 4.69) is 6.58 Å². The molecule has 0 spiro atoms. The molecule has 88 valence electrons. The van der Waals surface area contributed by atoms with Crippen LogP contribution in [0.4, 0.5) is 0 Å². The van der Waals surface area contributed by atoms with E-state index in [-0.39, 0.29) is 6.61 Å². The van der Waals surface area contributed by atoms with E-state index in [1.807, 2.05) is 0 Å². The van der Waals surface area contributed by atoms with Gasteiger partial charge in [-0.2, -0.15) is 0 Å². The van der Waals surface area contributed by atoms with Crippen molar-refractivity contribution < 1.29 is 29.9 Å². The first-order chi connectivity index (χ1) is 7.11. The Hall–Kier alpha value is -0.500. The summed E-state index contributed by atoms with van der Waals surface area (Å²) in [4.78, 5) is 0. The number of rotatable bonds is 4. The zero-order chi connectivity index (χ0) is 11.4. The Labute approximate surface area is 87.4 Å². The molecule has 0 bridgehead atoms. The highest BCUT2D eigenvalue weighted by Crippen LogP contribution is 2.21.